The van der Waals surface area contributed by atoms with E-state index in [0.717, 1.165) is 18.2 Å². The first-order chi connectivity index (χ1) is 14.9. The van der Waals surface area contributed by atoms with Gasteiger partial charge in [0.1, 0.15) is 0 Å². The fourth-order valence-electron chi connectivity index (χ4n) is 2.84. The van der Waals surface area contributed by atoms with Crippen LogP contribution in [-0.4, -0.2) is 23.5 Å². The molecule has 168 valence electrons. The summed E-state index contributed by atoms with van der Waals surface area (Å²) in [4.78, 5) is 11.7. The minimum atomic E-state index is -4.71. The molecule has 0 unspecified atom stereocenters. The Kier molecular flexibility index (Phi) is 6.21. The number of rotatable bonds is 5. The third-order valence-electron chi connectivity index (χ3n) is 4.67. The van der Waals surface area contributed by atoms with Crippen LogP contribution in [0.1, 0.15) is 25.1 Å². The molecule has 0 aliphatic heterocycles. The highest BCUT2D eigenvalue weighted by atomic mass is 35.5. The first kappa shape index (κ1) is 23.6. The van der Waals surface area contributed by atoms with Gasteiger partial charge in [0.25, 0.3) is 15.9 Å². The zero-order valence-corrected chi connectivity index (χ0v) is 18.4. The molecule has 0 aliphatic carbocycles. The van der Waals surface area contributed by atoms with E-state index >= 15 is 0 Å². The van der Waals surface area contributed by atoms with Crippen LogP contribution in [0.2, 0.25) is 0 Å². The lowest BCUT2D eigenvalue weighted by atomic mass is 10.2. The van der Waals surface area contributed by atoms with Crippen LogP contribution >= 0.6 is 11.6 Å². The Bertz CT molecular complexity index is 1370. The SMILES string of the molecule is C=Cc1nn(S(=O)(=O)c2cccc(C(F)(F)F)c2)c2cc(NC(=O)C(C)=C(C)Cl)ccc12. The number of carbonyl (C=O) groups excluding carboxylic acids is 1. The van der Waals surface area contributed by atoms with E-state index in [9.17, 15) is 26.4 Å². The van der Waals surface area contributed by atoms with Gasteiger partial charge in [0.15, 0.2) is 0 Å². The lowest BCUT2D eigenvalue weighted by molar-refractivity contribution is -0.137. The average molecular weight is 484 g/mol. The molecule has 3 rings (SSSR count). The van der Waals surface area contributed by atoms with Crippen molar-refractivity contribution in [3.63, 3.8) is 0 Å². The summed E-state index contributed by atoms with van der Waals surface area (Å²) in [6.07, 6.45) is -3.39. The van der Waals surface area contributed by atoms with Crippen LogP contribution in [0.15, 0.2) is 64.5 Å². The molecule has 32 heavy (non-hydrogen) atoms. The van der Waals surface area contributed by atoms with Gasteiger partial charge in [-0.2, -0.15) is 30.8 Å². The summed E-state index contributed by atoms with van der Waals surface area (Å²) in [5.74, 6) is -0.493. The van der Waals surface area contributed by atoms with Crippen molar-refractivity contribution in [3.05, 3.63) is 70.9 Å². The maximum Gasteiger partial charge on any atom is 0.416 e. The maximum atomic E-state index is 13.2. The van der Waals surface area contributed by atoms with E-state index in [-0.39, 0.29) is 27.5 Å². The average Bonchev–Trinajstić information content (AvgIpc) is 3.11. The van der Waals surface area contributed by atoms with E-state index in [1.807, 2.05) is 0 Å². The maximum absolute atomic E-state index is 13.2. The molecule has 0 aliphatic rings. The van der Waals surface area contributed by atoms with Crippen molar-refractivity contribution in [2.24, 2.45) is 0 Å². The Hall–Kier alpha value is -3.11. The van der Waals surface area contributed by atoms with E-state index in [1.54, 1.807) is 6.92 Å². The highest BCUT2D eigenvalue weighted by molar-refractivity contribution is 7.90. The van der Waals surface area contributed by atoms with Crippen molar-refractivity contribution in [1.29, 1.82) is 0 Å². The number of carbonyl (C=O) groups is 1. The van der Waals surface area contributed by atoms with Gasteiger partial charge >= 0.3 is 6.18 Å². The Balaban J connectivity index is 2.17. The molecular formula is C21H17ClF3N3O3S. The molecule has 1 heterocycles. The lowest BCUT2D eigenvalue weighted by Crippen LogP contribution is -2.16. The van der Waals surface area contributed by atoms with Gasteiger partial charge in [-0.05, 0) is 56.3 Å². The Labute approximate surface area is 187 Å². The van der Waals surface area contributed by atoms with Crippen molar-refractivity contribution in [2.75, 3.05) is 5.32 Å². The Morgan fingerprint density at radius 3 is 2.47 bits per heavy atom. The van der Waals surface area contributed by atoms with Crippen LogP contribution in [0.4, 0.5) is 18.9 Å². The quantitative estimate of drug-likeness (QED) is 0.492. The summed E-state index contributed by atoms with van der Waals surface area (Å²) in [5.41, 5.74) is -0.328. The number of aromatic nitrogens is 2. The van der Waals surface area contributed by atoms with Crippen LogP contribution in [0.25, 0.3) is 17.0 Å². The smallest absolute Gasteiger partial charge is 0.322 e. The summed E-state index contributed by atoms with van der Waals surface area (Å²) in [7, 11) is -4.50. The number of allylic oxidation sites excluding steroid dienone is 1. The molecule has 0 fully saturated rings. The molecule has 0 spiro atoms. The summed E-state index contributed by atoms with van der Waals surface area (Å²) in [6.45, 7) is 6.67. The number of alkyl halides is 3. The Morgan fingerprint density at radius 1 is 1.19 bits per heavy atom. The minimum Gasteiger partial charge on any atom is -0.322 e. The van der Waals surface area contributed by atoms with E-state index in [1.165, 1.54) is 31.2 Å². The zero-order chi connectivity index (χ0) is 23.8. The van der Waals surface area contributed by atoms with E-state index in [4.69, 9.17) is 11.6 Å². The molecule has 1 amide bonds. The first-order valence-corrected chi connectivity index (χ1v) is 10.9. The fraction of sp³-hybridized carbons (Fsp3) is 0.143. The molecule has 11 heteroatoms. The monoisotopic (exact) mass is 483 g/mol. The zero-order valence-electron chi connectivity index (χ0n) is 16.9. The number of fused-ring (bicyclic) bond motifs is 1. The number of benzene rings is 2. The van der Waals surface area contributed by atoms with Gasteiger partial charge in [-0.3, -0.25) is 4.79 Å². The van der Waals surface area contributed by atoms with E-state index < -0.39 is 32.6 Å². The largest absolute Gasteiger partial charge is 0.416 e. The van der Waals surface area contributed by atoms with Crippen molar-refractivity contribution in [2.45, 2.75) is 24.9 Å². The normalized spacial score (nSPS) is 13.1. The van der Waals surface area contributed by atoms with Crippen LogP contribution in [0.5, 0.6) is 0 Å². The summed E-state index contributed by atoms with van der Waals surface area (Å²) >= 11 is 5.84. The molecule has 1 aromatic heterocycles. The van der Waals surface area contributed by atoms with Crippen molar-refractivity contribution in [1.82, 2.24) is 9.19 Å². The third-order valence-corrected chi connectivity index (χ3v) is 6.54. The van der Waals surface area contributed by atoms with E-state index in [2.05, 4.69) is 17.0 Å². The molecule has 0 bridgehead atoms. The third kappa shape index (κ3) is 4.42. The highest BCUT2D eigenvalue weighted by Crippen LogP contribution is 2.32. The van der Waals surface area contributed by atoms with Crippen molar-refractivity contribution >= 4 is 50.2 Å². The lowest BCUT2D eigenvalue weighted by Gasteiger charge is -2.11. The van der Waals surface area contributed by atoms with Crippen molar-refractivity contribution < 1.29 is 26.4 Å². The summed E-state index contributed by atoms with van der Waals surface area (Å²) in [6, 6.07) is 7.79. The van der Waals surface area contributed by atoms with Gasteiger partial charge in [0.05, 0.1) is 21.7 Å². The number of anilines is 1. The topological polar surface area (TPSA) is 81.1 Å². The van der Waals surface area contributed by atoms with Gasteiger partial charge in [-0.1, -0.05) is 24.2 Å². The molecule has 2 aromatic carbocycles. The molecule has 3 aromatic rings. The second-order valence-corrected chi connectivity index (χ2v) is 9.14. The van der Waals surface area contributed by atoms with Crippen molar-refractivity contribution in [3.8, 4) is 0 Å². The fourth-order valence-corrected chi connectivity index (χ4v) is 4.26. The molecule has 1 N–H and O–H groups in total. The number of hydrogen-bond acceptors (Lipinski definition) is 4. The summed E-state index contributed by atoms with van der Waals surface area (Å²) in [5, 5.41) is 7.29. The molecule has 0 radical (unpaired) electrons. The second kappa shape index (κ2) is 8.44. The number of hydrogen-bond donors (Lipinski definition) is 1. The standard InChI is InChI=1S/C21H17ClF3N3O3S/c1-4-18-17-9-8-15(26-20(29)12(2)13(3)22)11-19(17)28(27-18)32(30,31)16-7-5-6-14(10-16)21(23,24)25/h4-11H,1H2,2-3H3,(H,26,29). The molecule has 6 nitrogen and oxygen atoms in total. The highest BCUT2D eigenvalue weighted by Gasteiger charge is 2.32. The molecule has 0 saturated carbocycles. The predicted molar refractivity (Wildman–Crippen MR) is 117 cm³/mol. The number of amides is 1. The minimum absolute atomic E-state index is 0.0549. The second-order valence-electron chi connectivity index (χ2n) is 6.81. The number of halogens is 4. The first-order valence-electron chi connectivity index (χ1n) is 9.08. The summed E-state index contributed by atoms with van der Waals surface area (Å²) < 4.78 is 66.2. The predicted octanol–water partition coefficient (Wildman–Crippen LogP) is 5.41. The van der Waals surface area contributed by atoms with Gasteiger partial charge in [0.2, 0.25) is 0 Å². The van der Waals surface area contributed by atoms with Crippen LogP contribution in [0, 0.1) is 0 Å². The molecule has 0 atom stereocenters. The number of nitrogens with zero attached hydrogens (tertiary/aromatic N) is 2. The molecular weight excluding hydrogens is 467 g/mol. The van der Waals surface area contributed by atoms with Gasteiger partial charge in [0, 0.05) is 21.7 Å². The Morgan fingerprint density at radius 2 is 1.88 bits per heavy atom. The van der Waals surface area contributed by atoms with E-state index in [0.29, 0.717) is 15.5 Å². The molecule has 0 saturated heterocycles. The van der Waals surface area contributed by atoms with Gasteiger partial charge in [-0.15, -0.1) is 0 Å². The van der Waals surface area contributed by atoms with Crippen LogP contribution < -0.4 is 5.32 Å². The van der Waals surface area contributed by atoms with Crippen LogP contribution in [-0.2, 0) is 21.0 Å². The van der Waals surface area contributed by atoms with Gasteiger partial charge < -0.3 is 5.32 Å². The number of nitrogens with one attached hydrogen (secondary N) is 1. The van der Waals surface area contributed by atoms with Crippen LogP contribution in [0.3, 0.4) is 0 Å². The van der Waals surface area contributed by atoms with Gasteiger partial charge in [-0.25, -0.2) is 0 Å².